The average Bonchev–Trinajstić information content (AvgIpc) is 2.14. The van der Waals surface area contributed by atoms with E-state index in [-0.39, 0.29) is 0 Å². The Hall–Kier alpha value is 0.310. The molecule has 2 heteroatoms. The van der Waals surface area contributed by atoms with E-state index in [1.807, 2.05) is 11.8 Å². The molecule has 0 fully saturated rings. The fourth-order valence-electron chi connectivity index (χ4n) is 1.52. The van der Waals surface area contributed by atoms with Crippen molar-refractivity contribution >= 4 is 11.8 Å². The molecule has 0 heterocycles. The molecule has 0 aromatic rings. The summed E-state index contributed by atoms with van der Waals surface area (Å²) in [7, 11) is 0. The van der Waals surface area contributed by atoms with Gasteiger partial charge in [0.15, 0.2) is 0 Å². The van der Waals surface area contributed by atoms with E-state index in [0.717, 1.165) is 6.04 Å². The molecule has 0 saturated carbocycles. The summed E-state index contributed by atoms with van der Waals surface area (Å²) in [6, 6.07) is 0.775. The highest BCUT2D eigenvalue weighted by Gasteiger charge is 2.04. The van der Waals surface area contributed by atoms with Crippen LogP contribution in [0.15, 0.2) is 0 Å². The van der Waals surface area contributed by atoms with Crippen LogP contribution < -0.4 is 5.32 Å². The lowest BCUT2D eigenvalue weighted by atomic mass is 10.1. The van der Waals surface area contributed by atoms with Crippen molar-refractivity contribution in [2.45, 2.75) is 52.0 Å². The van der Waals surface area contributed by atoms with Crippen molar-refractivity contribution in [3.8, 4) is 0 Å². The molecule has 0 radical (unpaired) electrons. The van der Waals surface area contributed by atoms with Crippen LogP contribution in [0.4, 0.5) is 0 Å². The monoisotopic (exact) mass is 203 g/mol. The van der Waals surface area contributed by atoms with Crippen molar-refractivity contribution in [2.24, 2.45) is 0 Å². The van der Waals surface area contributed by atoms with Gasteiger partial charge < -0.3 is 5.32 Å². The SMILES string of the molecule is CCCNC(CCC)CCCSC. The first-order chi connectivity index (χ1) is 6.35. The van der Waals surface area contributed by atoms with Gasteiger partial charge in [0.1, 0.15) is 0 Å². The summed E-state index contributed by atoms with van der Waals surface area (Å²) in [4.78, 5) is 0. The summed E-state index contributed by atoms with van der Waals surface area (Å²) in [5.74, 6) is 1.31. The Balaban J connectivity index is 3.41. The summed E-state index contributed by atoms with van der Waals surface area (Å²) < 4.78 is 0. The van der Waals surface area contributed by atoms with Crippen LogP contribution in [0.5, 0.6) is 0 Å². The van der Waals surface area contributed by atoms with E-state index in [0.29, 0.717) is 0 Å². The second-order valence-corrected chi connectivity index (χ2v) is 4.56. The van der Waals surface area contributed by atoms with Gasteiger partial charge in [0.05, 0.1) is 0 Å². The second-order valence-electron chi connectivity index (χ2n) is 3.57. The molecule has 1 unspecified atom stereocenters. The van der Waals surface area contributed by atoms with Gasteiger partial charge in [-0.1, -0.05) is 20.3 Å². The third-order valence-corrected chi connectivity index (χ3v) is 2.92. The molecule has 0 bridgehead atoms. The lowest BCUT2D eigenvalue weighted by molar-refractivity contribution is 0.446. The molecule has 0 aliphatic heterocycles. The van der Waals surface area contributed by atoms with Crippen molar-refractivity contribution < 1.29 is 0 Å². The Labute approximate surface area is 88.1 Å². The highest BCUT2D eigenvalue weighted by molar-refractivity contribution is 7.98. The van der Waals surface area contributed by atoms with Crippen molar-refractivity contribution in [2.75, 3.05) is 18.6 Å². The lowest BCUT2D eigenvalue weighted by Gasteiger charge is -2.17. The van der Waals surface area contributed by atoms with Gasteiger partial charge in [0.25, 0.3) is 0 Å². The van der Waals surface area contributed by atoms with E-state index < -0.39 is 0 Å². The van der Waals surface area contributed by atoms with Crippen LogP contribution >= 0.6 is 11.8 Å². The van der Waals surface area contributed by atoms with E-state index in [2.05, 4.69) is 25.4 Å². The van der Waals surface area contributed by atoms with Crippen LogP contribution in [0.1, 0.15) is 46.0 Å². The number of hydrogen-bond donors (Lipinski definition) is 1. The van der Waals surface area contributed by atoms with E-state index in [1.54, 1.807) is 0 Å². The Morgan fingerprint density at radius 2 is 1.92 bits per heavy atom. The largest absolute Gasteiger partial charge is 0.314 e. The molecule has 1 atom stereocenters. The Morgan fingerprint density at radius 3 is 2.46 bits per heavy atom. The quantitative estimate of drug-likeness (QED) is 0.577. The van der Waals surface area contributed by atoms with E-state index in [1.165, 1.54) is 44.4 Å². The van der Waals surface area contributed by atoms with Crippen LogP contribution in [0.2, 0.25) is 0 Å². The lowest BCUT2D eigenvalue weighted by Crippen LogP contribution is -2.29. The fourth-order valence-corrected chi connectivity index (χ4v) is 1.97. The molecule has 0 aromatic heterocycles. The van der Waals surface area contributed by atoms with Crippen LogP contribution in [0.3, 0.4) is 0 Å². The average molecular weight is 203 g/mol. The van der Waals surface area contributed by atoms with E-state index >= 15 is 0 Å². The third kappa shape index (κ3) is 8.63. The van der Waals surface area contributed by atoms with Crippen molar-refractivity contribution in [3.63, 3.8) is 0 Å². The normalized spacial score (nSPS) is 13.2. The van der Waals surface area contributed by atoms with Gasteiger partial charge in [0, 0.05) is 6.04 Å². The topological polar surface area (TPSA) is 12.0 Å². The maximum absolute atomic E-state index is 3.62. The van der Waals surface area contributed by atoms with E-state index in [4.69, 9.17) is 0 Å². The third-order valence-electron chi connectivity index (χ3n) is 2.22. The van der Waals surface area contributed by atoms with Crippen molar-refractivity contribution in [1.29, 1.82) is 0 Å². The van der Waals surface area contributed by atoms with Crippen LogP contribution in [-0.4, -0.2) is 24.6 Å². The van der Waals surface area contributed by atoms with Gasteiger partial charge in [-0.2, -0.15) is 11.8 Å². The standard InChI is InChI=1S/C11H25NS/c1-4-7-11(12-9-5-2)8-6-10-13-3/h11-12H,4-10H2,1-3H3. The number of nitrogens with one attached hydrogen (secondary N) is 1. The number of thioether (sulfide) groups is 1. The highest BCUT2D eigenvalue weighted by atomic mass is 32.2. The summed E-state index contributed by atoms with van der Waals surface area (Å²) in [6.45, 7) is 5.69. The van der Waals surface area contributed by atoms with Crippen molar-refractivity contribution in [1.82, 2.24) is 5.32 Å². The first-order valence-corrected chi connectivity index (χ1v) is 6.96. The summed E-state index contributed by atoms with van der Waals surface area (Å²) >= 11 is 1.96. The molecule has 0 rings (SSSR count). The first-order valence-electron chi connectivity index (χ1n) is 5.57. The van der Waals surface area contributed by atoms with Crippen LogP contribution in [0.25, 0.3) is 0 Å². The molecule has 1 N–H and O–H groups in total. The molecule has 0 aromatic carbocycles. The predicted octanol–water partition coefficient (Wildman–Crippen LogP) is 3.30. The summed E-state index contributed by atoms with van der Waals surface area (Å²) in [5, 5.41) is 3.62. The van der Waals surface area contributed by atoms with Gasteiger partial charge in [0.2, 0.25) is 0 Å². The maximum Gasteiger partial charge on any atom is 0.00672 e. The molecule has 0 saturated heterocycles. The van der Waals surface area contributed by atoms with Crippen molar-refractivity contribution in [3.05, 3.63) is 0 Å². The zero-order valence-corrected chi connectivity index (χ0v) is 10.3. The van der Waals surface area contributed by atoms with E-state index in [9.17, 15) is 0 Å². The highest BCUT2D eigenvalue weighted by Crippen LogP contribution is 2.07. The van der Waals surface area contributed by atoms with Gasteiger partial charge in [-0.25, -0.2) is 0 Å². The summed E-state index contributed by atoms with van der Waals surface area (Å²) in [6.07, 6.45) is 8.81. The Morgan fingerprint density at radius 1 is 1.15 bits per heavy atom. The van der Waals surface area contributed by atoms with Gasteiger partial charge in [-0.05, 0) is 44.2 Å². The van der Waals surface area contributed by atoms with Gasteiger partial charge in [-0.15, -0.1) is 0 Å². The zero-order valence-electron chi connectivity index (χ0n) is 9.44. The smallest absolute Gasteiger partial charge is 0.00672 e. The molecule has 80 valence electrons. The van der Waals surface area contributed by atoms with Gasteiger partial charge in [-0.3, -0.25) is 0 Å². The molecular formula is C11H25NS. The molecule has 0 spiro atoms. The van der Waals surface area contributed by atoms with Crippen LogP contribution in [-0.2, 0) is 0 Å². The Bertz CT molecular complexity index is 96.1. The Kier molecular flexibility index (Phi) is 10.6. The minimum atomic E-state index is 0.775. The number of rotatable bonds is 9. The van der Waals surface area contributed by atoms with Gasteiger partial charge >= 0.3 is 0 Å². The summed E-state index contributed by atoms with van der Waals surface area (Å²) in [5.41, 5.74) is 0. The van der Waals surface area contributed by atoms with Crippen LogP contribution in [0, 0.1) is 0 Å². The molecule has 0 aliphatic carbocycles. The fraction of sp³-hybridized carbons (Fsp3) is 1.00. The molecule has 13 heavy (non-hydrogen) atoms. The predicted molar refractivity (Wildman–Crippen MR) is 64.6 cm³/mol. The minimum Gasteiger partial charge on any atom is -0.314 e. The molecular weight excluding hydrogens is 178 g/mol. The molecule has 0 aliphatic rings. The second kappa shape index (κ2) is 10.4. The first kappa shape index (κ1) is 13.3. The minimum absolute atomic E-state index is 0.775. The maximum atomic E-state index is 3.62. The molecule has 1 nitrogen and oxygen atoms in total. The molecule has 0 amide bonds. The number of hydrogen-bond acceptors (Lipinski definition) is 2. The zero-order chi connectivity index (χ0) is 9.94.